The van der Waals surface area contributed by atoms with Crippen molar-refractivity contribution in [2.45, 2.75) is 70.1 Å². The topological polar surface area (TPSA) is 149 Å². The van der Waals surface area contributed by atoms with Gasteiger partial charge in [-0.3, -0.25) is 4.79 Å². The van der Waals surface area contributed by atoms with Crippen molar-refractivity contribution in [1.82, 2.24) is 0 Å². The highest BCUT2D eigenvalue weighted by Crippen LogP contribution is 2.47. The highest BCUT2D eigenvalue weighted by Gasteiger charge is 2.52. The molecule has 0 aromatic carbocycles. The van der Waals surface area contributed by atoms with Crippen LogP contribution in [0, 0.1) is 5.92 Å². The Labute approximate surface area is 179 Å². The van der Waals surface area contributed by atoms with Gasteiger partial charge >= 0.3 is 17.9 Å². The van der Waals surface area contributed by atoms with Gasteiger partial charge in [0.2, 0.25) is 0 Å². The molecule has 31 heavy (non-hydrogen) atoms. The Bertz CT molecular complexity index is 856. The molecule has 172 valence electrons. The maximum atomic E-state index is 12.6. The SMILES string of the molecule is CC(=O)OCC1=C2C(=C[C@@]3(C)CC[C@](O)(O3)[C@H](C)C[C@@H]2OC(=O)[C@@](C)(O)CO)OC1=O. The smallest absolute Gasteiger partial charge is 0.343 e. The summed E-state index contributed by atoms with van der Waals surface area (Å²) in [5, 5.41) is 30.4. The molecule has 0 saturated carbocycles. The fourth-order valence-corrected chi connectivity index (χ4v) is 3.96. The zero-order valence-electron chi connectivity index (χ0n) is 18.0. The maximum Gasteiger partial charge on any atom is 0.343 e. The predicted octanol–water partition coefficient (Wildman–Crippen LogP) is 0.239. The Morgan fingerprint density at radius 3 is 2.65 bits per heavy atom. The van der Waals surface area contributed by atoms with E-state index in [-0.39, 0.29) is 23.3 Å². The van der Waals surface area contributed by atoms with Crippen molar-refractivity contribution in [1.29, 1.82) is 0 Å². The van der Waals surface area contributed by atoms with Gasteiger partial charge in [-0.2, -0.15) is 0 Å². The normalized spacial score (nSPS) is 34.5. The van der Waals surface area contributed by atoms with E-state index >= 15 is 0 Å². The monoisotopic (exact) mass is 440 g/mol. The summed E-state index contributed by atoms with van der Waals surface area (Å²) in [6.07, 6.45) is 1.20. The molecule has 3 heterocycles. The molecule has 10 nitrogen and oxygen atoms in total. The number of hydrogen-bond acceptors (Lipinski definition) is 10. The molecule has 0 radical (unpaired) electrons. The number of carbonyl (C=O) groups is 3. The lowest BCUT2D eigenvalue weighted by Crippen LogP contribution is -2.44. The first-order valence-electron chi connectivity index (χ1n) is 10.1. The molecule has 3 N–H and O–H groups in total. The van der Waals surface area contributed by atoms with E-state index in [1.807, 2.05) is 0 Å². The Balaban J connectivity index is 2.11. The van der Waals surface area contributed by atoms with E-state index in [1.165, 1.54) is 6.92 Å². The lowest BCUT2D eigenvalue weighted by atomic mass is 9.85. The van der Waals surface area contributed by atoms with Crippen LogP contribution in [0.2, 0.25) is 0 Å². The summed E-state index contributed by atoms with van der Waals surface area (Å²) >= 11 is 0. The van der Waals surface area contributed by atoms with E-state index in [4.69, 9.17) is 18.9 Å². The first kappa shape index (κ1) is 23.4. The van der Waals surface area contributed by atoms with Crippen LogP contribution >= 0.6 is 0 Å². The fourth-order valence-electron chi connectivity index (χ4n) is 3.96. The van der Waals surface area contributed by atoms with Crippen LogP contribution in [0.5, 0.6) is 0 Å². The number of fused-ring (bicyclic) bond motifs is 3. The molecule has 0 aromatic rings. The zero-order valence-corrected chi connectivity index (χ0v) is 18.0. The number of esters is 3. The quantitative estimate of drug-likeness (QED) is 0.401. The van der Waals surface area contributed by atoms with Crippen LogP contribution in [0.3, 0.4) is 0 Å². The van der Waals surface area contributed by atoms with Gasteiger partial charge in [-0.1, -0.05) is 6.92 Å². The number of carbonyl (C=O) groups excluding carboxylic acids is 3. The van der Waals surface area contributed by atoms with E-state index in [0.29, 0.717) is 12.8 Å². The van der Waals surface area contributed by atoms with Gasteiger partial charge in [0.05, 0.1) is 17.8 Å². The first-order chi connectivity index (χ1) is 14.3. The largest absolute Gasteiger partial charge is 0.461 e. The molecule has 3 aliphatic rings. The molecule has 0 aromatic heterocycles. The second-order valence-electron chi connectivity index (χ2n) is 8.79. The summed E-state index contributed by atoms with van der Waals surface area (Å²) in [7, 11) is 0. The number of hydrogen-bond donors (Lipinski definition) is 3. The van der Waals surface area contributed by atoms with Crippen LogP contribution in [-0.2, 0) is 33.3 Å². The Kier molecular flexibility index (Phi) is 6.05. The molecule has 0 aliphatic carbocycles. The number of ether oxygens (including phenoxy) is 4. The predicted molar refractivity (Wildman–Crippen MR) is 103 cm³/mol. The summed E-state index contributed by atoms with van der Waals surface area (Å²) in [6.45, 7) is 4.45. The van der Waals surface area contributed by atoms with E-state index in [2.05, 4.69) is 0 Å². The zero-order chi connectivity index (χ0) is 23.2. The minimum Gasteiger partial charge on any atom is -0.461 e. The van der Waals surface area contributed by atoms with Crippen molar-refractivity contribution in [2.75, 3.05) is 13.2 Å². The molecule has 3 rings (SSSR count). The lowest BCUT2D eigenvalue weighted by molar-refractivity contribution is -0.239. The molecule has 10 heteroatoms. The van der Waals surface area contributed by atoms with E-state index in [1.54, 1.807) is 19.9 Å². The third-order valence-corrected chi connectivity index (χ3v) is 5.94. The molecule has 1 saturated heterocycles. The van der Waals surface area contributed by atoms with Crippen molar-refractivity contribution >= 4 is 17.9 Å². The van der Waals surface area contributed by atoms with Gasteiger partial charge in [0.15, 0.2) is 11.4 Å². The number of aliphatic hydroxyl groups excluding tert-OH is 1. The molecule has 2 bridgehead atoms. The summed E-state index contributed by atoms with van der Waals surface area (Å²) < 4.78 is 21.8. The standard InChI is InChI=1S/C21H28O10/c1-11-7-14(30-18(25)20(4,26)10-22)16-13(9-28-12(2)23)17(24)29-15(16)8-19(3)5-6-21(11,27)31-19/h8,11,14,22,26-27H,5-7,9-10H2,1-4H3/t11-,14+,19-,20+,21+/m1/s1. The average Bonchev–Trinajstić information content (AvgIpc) is 3.15. The van der Waals surface area contributed by atoms with Crippen LogP contribution in [0.4, 0.5) is 0 Å². The van der Waals surface area contributed by atoms with Crippen molar-refractivity contribution in [3.63, 3.8) is 0 Å². The van der Waals surface area contributed by atoms with Crippen LogP contribution in [0.25, 0.3) is 0 Å². The summed E-state index contributed by atoms with van der Waals surface area (Å²) in [4.78, 5) is 36.4. The van der Waals surface area contributed by atoms with Crippen LogP contribution < -0.4 is 0 Å². The fraction of sp³-hybridized carbons (Fsp3) is 0.667. The van der Waals surface area contributed by atoms with Crippen LogP contribution in [-0.4, -0.2) is 69.5 Å². The second kappa shape index (κ2) is 8.01. The minimum atomic E-state index is -2.18. The van der Waals surface area contributed by atoms with Gasteiger partial charge in [-0.15, -0.1) is 0 Å². The van der Waals surface area contributed by atoms with E-state index in [9.17, 15) is 29.7 Å². The van der Waals surface area contributed by atoms with Crippen molar-refractivity contribution in [3.05, 3.63) is 23.0 Å². The van der Waals surface area contributed by atoms with Gasteiger partial charge < -0.3 is 34.3 Å². The van der Waals surface area contributed by atoms with Crippen molar-refractivity contribution in [2.24, 2.45) is 5.92 Å². The third kappa shape index (κ3) is 4.52. The molecular weight excluding hydrogens is 412 g/mol. The lowest BCUT2D eigenvalue weighted by Gasteiger charge is -2.33. The van der Waals surface area contributed by atoms with E-state index < -0.39 is 60.1 Å². The molecule has 5 atom stereocenters. The van der Waals surface area contributed by atoms with Gasteiger partial charge in [-0.25, -0.2) is 9.59 Å². The Morgan fingerprint density at radius 2 is 2.03 bits per heavy atom. The average molecular weight is 440 g/mol. The number of rotatable bonds is 5. The van der Waals surface area contributed by atoms with Gasteiger partial charge in [0.25, 0.3) is 0 Å². The molecule has 3 aliphatic heterocycles. The summed E-state index contributed by atoms with van der Waals surface area (Å²) in [6, 6.07) is 0. The molecule has 0 unspecified atom stereocenters. The number of aliphatic hydroxyl groups is 3. The van der Waals surface area contributed by atoms with Crippen molar-refractivity contribution < 1.29 is 48.7 Å². The molecule has 0 spiro atoms. The van der Waals surface area contributed by atoms with Gasteiger partial charge in [0.1, 0.15) is 18.5 Å². The Hall–Kier alpha value is -2.27. The minimum absolute atomic E-state index is 0.0107. The van der Waals surface area contributed by atoms with Gasteiger partial charge in [-0.05, 0) is 32.8 Å². The van der Waals surface area contributed by atoms with Gasteiger partial charge in [0, 0.05) is 24.8 Å². The Morgan fingerprint density at radius 1 is 1.35 bits per heavy atom. The van der Waals surface area contributed by atoms with Crippen LogP contribution in [0.15, 0.2) is 23.0 Å². The summed E-state index contributed by atoms with van der Waals surface area (Å²) in [5.74, 6) is -4.46. The third-order valence-electron chi connectivity index (χ3n) is 5.94. The molecular formula is C21H28O10. The molecule has 0 amide bonds. The van der Waals surface area contributed by atoms with Crippen LogP contribution in [0.1, 0.15) is 47.0 Å². The highest BCUT2D eigenvalue weighted by atomic mass is 16.6. The summed E-state index contributed by atoms with van der Waals surface area (Å²) in [5.41, 5.74) is -2.95. The highest BCUT2D eigenvalue weighted by molar-refractivity contribution is 5.95. The second-order valence-corrected chi connectivity index (χ2v) is 8.79. The van der Waals surface area contributed by atoms with Crippen molar-refractivity contribution in [3.8, 4) is 0 Å². The molecule has 1 fully saturated rings. The van der Waals surface area contributed by atoms with E-state index in [0.717, 1.165) is 6.92 Å². The first-order valence-corrected chi connectivity index (χ1v) is 10.1. The maximum absolute atomic E-state index is 12.6.